The van der Waals surface area contributed by atoms with Gasteiger partial charge in [0.15, 0.2) is 5.82 Å². The number of para-hydroxylation sites is 1. The van der Waals surface area contributed by atoms with Crippen LogP contribution < -0.4 is 0 Å². The zero-order valence-electron chi connectivity index (χ0n) is 18.2. The van der Waals surface area contributed by atoms with Crippen molar-refractivity contribution < 1.29 is 9.32 Å². The van der Waals surface area contributed by atoms with Gasteiger partial charge in [-0.1, -0.05) is 42.4 Å². The molecule has 0 spiro atoms. The fraction of sp³-hybridized carbons (Fsp3) is 0.250. The molecule has 0 saturated carbocycles. The van der Waals surface area contributed by atoms with E-state index in [2.05, 4.69) is 36.1 Å². The topological polar surface area (TPSA) is 77.0 Å². The van der Waals surface area contributed by atoms with E-state index >= 15 is 0 Å². The molecule has 4 aromatic rings. The number of carbonyl (C=O) groups excluding carboxylic acids is 1. The fourth-order valence-electron chi connectivity index (χ4n) is 3.32. The van der Waals surface area contributed by atoms with E-state index in [0.717, 1.165) is 16.8 Å². The molecule has 7 nitrogen and oxygen atoms in total. The molecule has 0 aliphatic carbocycles. The van der Waals surface area contributed by atoms with Gasteiger partial charge in [0.05, 0.1) is 17.8 Å². The number of hydrogen-bond donors (Lipinski definition) is 0. The molecular formula is C24H25N5O2. The van der Waals surface area contributed by atoms with Crippen LogP contribution in [0.1, 0.15) is 40.1 Å². The Labute approximate surface area is 181 Å². The standard InChI is InChI=1S/C24H25N5O2/c1-5-21-25-22(31-27-21)15-28(4)24(30)20-14-29(19-9-7-6-8-10-19)26-23(20)18-12-11-16(2)17(3)13-18/h6-14H,5,15H2,1-4H3. The third kappa shape index (κ3) is 4.26. The zero-order chi connectivity index (χ0) is 22.0. The first-order chi connectivity index (χ1) is 15.0. The Balaban J connectivity index is 1.72. The minimum Gasteiger partial charge on any atom is -0.337 e. The van der Waals surface area contributed by atoms with Gasteiger partial charge in [0.2, 0.25) is 5.89 Å². The largest absolute Gasteiger partial charge is 0.337 e. The molecule has 158 valence electrons. The number of aromatic nitrogens is 4. The molecule has 31 heavy (non-hydrogen) atoms. The van der Waals surface area contributed by atoms with Gasteiger partial charge in [-0.15, -0.1) is 0 Å². The van der Waals surface area contributed by atoms with Crippen molar-refractivity contribution in [2.24, 2.45) is 0 Å². The predicted molar refractivity (Wildman–Crippen MR) is 118 cm³/mol. The van der Waals surface area contributed by atoms with Crippen molar-refractivity contribution >= 4 is 5.91 Å². The van der Waals surface area contributed by atoms with Crippen molar-refractivity contribution in [3.8, 4) is 16.9 Å². The number of nitrogens with zero attached hydrogens (tertiary/aromatic N) is 5. The van der Waals surface area contributed by atoms with Crippen molar-refractivity contribution in [1.29, 1.82) is 0 Å². The molecule has 0 aliphatic rings. The maximum absolute atomic E-state index is 13.4. The van der Waals surface area contributed by atoms with Gasteiger partial charge >= 0.3 is 0 Å². The van der Waals surface area contributed by atoms with Crippen molar-refractivity contribution in [1.82, 2.24) is 24.8 Å². The summed E-state index contributed by atoms with van der Waals surface area (Å²) in [7, 11) is 1.72. The van der Waals surface area contributed by atoms with Crippen molar-refractivity contribution in [3.63, 3.8) is 0 Å². The Morgan fingerprint density at radius 3 is 2.55 bits per heavy atom. The van der Waals surface area contributed by atoms with Gasteiger partial charge < -0.3 is 9.42 Å². The van der Waals surface area contributed by atoms with Gasteiger partial charge in [0, 0.05) is 25.2 Å². The first-order valence-corrected chi connectivity index (χ1v) is 10.3. The molecule has 1 amide bonds. The summed E-state index contributed by atoms with van der Waals surface area (Å²) >= 11 is 0. The fourth-order valence-corrected chi connectivity index (χ4v) is 3.32. The van der Waals surface area contributed by atoms with Crippen LogP contribution in [-0.4, -0.2) is 37.8 Å². The van der Waals surface area contributed by atoms with E-state index < -0.39 is 0 Å². The second-order valence-electron chi connectivity index (χ2n) is 7.59. The highest BCUT2D eigenvalue weighted by Crippen LogP contribution is 2.27. The van der Waals surface area contributed by atoms with E-state index in [4.69, 9.17) is 9.62 Å². The quantitative estimate of drug-likeness (QED) is 0.467. The highest BCUT2D eigenvalue weighted by atomic mass is 16.5. The zero-order valence-corrected chi connectivity index (χ0v) is 18.2. The predicted octanol–water partition coefficient (Wildman–Crippen LogP) is 4.37. The lowest BCUT2D eigenvalue weighted by molar-refractivity contribution is 0.0770. The Morgan fingerprint density at radius 1 is 1.10 bits per heavy atom. The van der Waals surface area contributed by atoms with E-state index in [1.54, 1.807) is 22.8 Å². The molecule has 0 aliphatic heterocycles. The van der Waals surface area contributed by atoms with Crippen molar-refractivity contribution in [2.75, 3.05) is 7.05 Å². The average Bonchev–Trinajstić information content (AvgIpc) is 3.43. The van der Waals surface area contributed by atoms with Gasteiger partial charge in [-0.05, 0) is 43.2 Å². The van der Waals surface area contributed by atoms with E-state index in [1.807, 2.05) is 43.3 Å². The van der Waals surface area contributed by atoms with Crippen LogP contribution in [0.4, 0.5) is 0 Å². The number of benzene rings is 2. The van der Waals surface area contributed by atoms with Crippen LogP contribution in [0.2, 0.25) is 0 Å². The molecule has 7 heteroatoms. The molecule has 0 fully saturated rings. The maximum Gasteiger partial charge on any atom is 0.257 e. The van der Waals surface area contributed by atoms with Crippen LogP contribution in [0.25, 0.3) is 16.9 Å². The lowest BCUT2D eigenvalue weighted by Crippen LogP contribution is -2.26. The van der Waals surface area contributed by atoms with E-state index in [1.165, 1.54) is 5.56 Å². The summed E-state index contributed by atoms with van der Waals surface area (Å²) in [6.45, 7) is 6.31. The Kier molecular flexibility index (Phi) is 5.66. The van der Waals surface area contributed by atoms with Crippen molar-refractivity contribution in [3.05, 3.63) is 83.1 Å². The van der Waals surface area contributed by atoms with Crippen LogP contribution in [0.5, 0.6) is 0 Å². The van der Waals surface area contributed by atoms with Gasteiger partial charge in [-0.25, -0.2) is 4.68 Å². The number of rotatable bonds is 6. The lowest BCUT2D eigenvalue weighted by Gasteiger charge is -2.14. The molecule has 2 heterocycles. The van der Waals surface area contributed by atoms with E-state index in [9.17, 15) is 4.79 Å². The lowest BCUT2D eigenvalue weighted by atomic mass is 10.0. The minimum absolute atomic E-state index is 0.161. The monoisotopic (exact) mass is 415 g/mol. The Bertz CT molecular complexity index is 1210. The number of carbonyl (C=O) groups is 1. The maximum atomic E-state index is 13.4. The van der Waals surface area contributed by atoms with Crippen molar-refractivity contribution in [2.45, 2.75) is 33.7 Å². The molecule has 0 atom stereocenters. The molecule has 4 rings (SSSR count). The summed E-state index contributed by atoms with van der Waals surface area (Å²) in [5.41, 5.74) is 5.30. The average molecular weight is 415 g/mol. The van der Waals surface area contributed by atoms with Crippen LogP contribution in [-0.2, 0) is 13.0 Å². The van der Waals surface area contributed by atoms with E-state index in [0.29, 0.717) is 29.4 Å². The second kappa shape index (κ2) is 8.55. The summed E-state index contributed by atoms with van der Waals surface area (Å²) < 4.78 is 7.00. The third-order valence-corrected chi connectivity index (χ3v) is 5.29. The van der Waals surface area contributed by atoms with E-state index in [-0.39, 0.29) is 12.5 Å². The summed E-state index contributed by atoms with van der Waals surface area (Å²) in [5, 5.41) is 8.67. The summed E-state index contributed by atoms with van der Waals surface area (Å²) in [6, 6.07) is 15.9. The SMILES string of the molecule is CCc1noc(CN(C)C(=O)c2cn(-c3ccccc3)nc2-c2ccc(C)c(C)c2)n1. The van der Waals surface area contributed by atoms with Crippen LogP contribution in [0.3, 0.4) is 0 Å². The number of hydrogen-bond acceptors (Lipinski definition) is 5. The van der Waals surface area contributed by atoms with Crippen LogP contribution in [0, 0.1) is 13.8 Å². The van der Waals surface area contributed by atoms with Gasteiger partial charge in [0.1, 0.15) is 5.69 Å². The molecule has 0 N–H and O–H groups in total. The first-order valence-electron chi connectivity index (χ1n) is 10.3. The molecule has 0 bridgehead atoms. The van der Waals surface area contributed by atoms with Crippen LogP contribution >= 0.6 is 0 Å². The van der Waals surface area contributed by atoms with Gasteiger partial charge in [-0.3, -0.25) is 4.79 Å². The molecule has 0 saturated heterocycles. The van der Waals surface area contributed by atoms with Crippen LogP contribution in [0.15, 0.2) is 59.3 Å². The van der Waals surface area contributed by atoms with Gasteiger partial charge in [-0.2, -0.15) is 10.1 Å². The highest BCUT2D eigenvalue weighted by molar-refractivity contribution is 5.99. The summed E-state index contributed by atoms with van der Waals surface area (Å²) in [4.78, 5) is 19.3. The molecule has 0 unspecified atom stereocenters. The molecular weight excluding hydrogens is 390 g/mol. The highest BCUT2D eigenvalue weighted by Gasteiger charge is 2.23. The summed E-state index contributed by atoms with van der Waals surface area (Å²) in [6.07, 6.45) is 2.46. The number of amides is 1. The normalized spacial score (nSPS) is 11.0. The Hall–Kier alpha value is -3.74. The minimum atomic E-state index is -0.161. The first kappa shape index (κ1) is 20.5. The molecule has 2 aromatic heterocycles. The Morgan fingerprint density at radius 2 is 1.87 bits per heavy atom. The molecule has 2 aromatic carbocycles. The third-order valence-electron chi connectivity index (χ3n) is 5.29. The molecule has 0 radical (unpaired) electrons. The number of aryl methyl sites for hydroxylation is 3. The summed E-state index contributed by atoms with van der Waals surface area (Å²) in [5.74, 6) is 0.881. The van der Waals surface area contributed by atoms with Gasteiger partial charge in [0.25, 0.3) is 5.91 Å². The second-order valence-corrected chi connectivity index (χ2v) is 7.59. The smallest absolute Gasteiger partial charge is 0.257 e.